The van der Waals surface area contributed by atoms with Gasteiger partial charge in [-0.05, 0) is 75.8 Å². The molecule has 0 unspecified atom stereocenters. The normalized spacial score (nSPS) is 21.6. The second-order valence-electron chi connectivity index (χ2n) is 9.07. The van der Waals surface area contributed by atoms with Gasteiger partial charge in [-0.2, -0.15) is 0 Å². The van der Waals surface area contributed by atoms with Crippen molar-refractivity contribution in [2.45, 2.75) is 57.4 Å². The maximum atomic E-state index is 9.26. The monoisotopic (exact) mass is 430 g/mol. The summed E-state index contributed by atoms with van der Waals surface area (Å²) < 4.78 is 13.6. The SMILES string of the molecule is Cc1cccc(-c2nc3n(c2-c2ccc4c(c2)OCO4)CCCC32CCC(=NO)CC2)n1. The number of imidazole rings is 1. The first-order chi connectivity index (χ1) is 15.7. The molecule has 0 atom stereocenters. The lowest BCUT2D eigenvalue weighted by atomic mass is 9.68. The van der Waals surface area contributed by atoms with Crippen LogP contribution in [0.3, 0.4) is 0 Å². The van der Waals surface area contributed by atoms with Crippen molar-refractivity contribution in [2.75, 3.05) is 6.79 Å². The second kappa shape index (κ2) is 7.36. The number of benzene rings is 1. The van der Waals surface area contributed by atoms with Gasteiger partial charge in [-0.25, -0.2) is 4.98 Å². The van der Waals surface area contributed by atoms with Crippen LogP contribution in [-0.4, -0.2) is 32.2 Å². The number of rotatable bonds is 2. The summed E-state index contributed by atoms with van der Waals surface area (Å²) in [6.07, 6.45) is 5.79. The summed E-state index contributed by atoms with van der Waals surface area (Å²) in [6, 6.07) is 12.2. The van der Waals surface area contributed by atoms with Crippen LogP contribution in [0.1, 0.15) is 50.0 Å². The highest BCUT2D eigenvalue weighted by atomic mass is 16.7. The number of fused-ring (bicyclic) bond motifs is 3. The van der Waals surface area contributed by atoms with Gasteiger partial charge in [0, 0.05) is 23.2 Å². The highest BCUT2D eigenvalue weighted by Gasteiger charge is 2.43. The Morgan fingerprint density at radius 1 is 1.03 bits per heavy atom. The molecule has 7 nitrogen and oxygen atoms in total. The highest BCUT2D eigenvalue weighted by Crippen LogP contribution is 2.48. The van der Waals surface area contributed by atoms with Gasteiger partial charge in [0.25, 0.3) is 0 Å². The number of oxime groups is 1. The topological polar surface area (TPSA) is 81.8 Å². The number of aromatic nitrogens is 3. The minimum absolute atomic E-state index is 0.0135. The summed E-state index contributed by atoms with van der Waals surface area (Å²) in [7, 11) is 0. The molecule has 3 aromatic rings. The van der Waals surface area contributed by atoms with Crippen molar-refractivity contribution >= 4 is 5.71 Å². The van der Waals surface area contributed by atoms with Crippen LogP contribution in [0, 0.1) is 6.92 Å². The Kier molecular flexibility index (Phi) is 4.45. The molecule has 2 aromatic heterocycles. The summed E-state index contributed by atoms with van der Waals surface area (Å²) in [4.78, 5) is 10.1. The Labute approximate surface area is 186 Å². The number of hydrogen-bond donors (Lipinski definition) is 1. The zero-order valence-electron chi connectivity index (χ0n) is 18.2. The van der Waals surface area contributed by atoms with E-state index in [9.17, 15) is 5.21 Å². The van der Waals surface area contributed by atoms with Gasteiger partial charge in [0.05, 0.1) is 17.1 Å². The summed E-state index contributed by atoms with van der Waals surface area (Å²) in [5, 5.41) is 12.8. The molecule has 1 N–H and O–H groups in total. The molecule has 1 saturated carbocycles. The van der Waals surface area contributed by atoms with Crippen LogP contribution in [0.4, 0.5) is 0 Å². The van der Waals surface area contributed by atoms with E-state index < -0.39 is 0 Å². The van der Waals surface area contributed by atoms with Gasteiger partial charge in [-0.3, -0.25) is 4.98 Å². The van der Waals surface area contributed by atoms with Crippen LogP contribution >= 0.6 is 0 Å². The summed E-state index contributed by atoms with van der Waals surface area (Å²) >= 11 is 0. The number of nitrogens with zero attached hydrogens (tertiary/aromatic N) is 4. The van der Waals surface area contributed by atoms with E-state index in [-0.39, 0.29) is 12.2 Å². The molecule has 7 heteroatoms. The van der Waals surface area contributed by atoms with Crippen molar-refractivity contribution in [3.63, 3.8) is 0 Å². The van der Waals surface area contributed by atoms with Crippen LogP contribution in [0.5, 0.6) is 11.5 Å². The summed E-state index contributed by atoms with van der Waals surface area (Å²) in [5.41, 5.74) is 5.86. The molecule has 0 radical (unpaired) electrons. The average molecular weight is 431 g/mol. The Bertz CT molecular complexity index is 1220. The van der Waals surface area contributed by atoms with Crippen LogP contribution in [0.15, 0.2) is 41.6 Å². The maximum absolute atomic E-state index is 9.26. The molecule has 0 saturated heterocycles. The molecule has 2 aliphatic heterocycles. The third-order valence-electron chi connectivity index (χ3n) is 7.18. The van der Waals surface area contributed by atoms with E-state index >= 15 is 0 Å². The molecule has 4 heterocycles. The third kappa shape index (κ3) is 2.98. The molecule has 0 amide bonds. The van der Waals surface area contributed by atoms with Crippen molar-refractivity contribution < 1.29 is 14.7 Å². The first-order valence-electron chi connectivity index (χ1n) is 11.3. The van der Waals surface area contributed by atoms with Crippen molar-refractivity contribution in [3.8, 4) is 34.1 Å². The Balaban J connectivity index is 1.55. The van der Waals surface area contributed by atoms with E-state index in [4.69, 9.17) is 19.4 Å². The molecule has 0 bridgehead atoms. The van der Waals surface area contributed by atoms with Crippen molar-refractivity contribution in [1.29, 1.82) is 0 Å². The Morgan fingerprint density at radius 3 is 2.69 bits per heavy atom. The maximum Gasteiger partial charge on any atom is 0.231 e. The molecular weight excluding hydrogens is 404 g/mol. The second-order valence-corrected chi connectivity index (χ2v) is 9.07. The first kappa shape index (κ1) is 19.3. The molecule has 1 aliphatic carbocycles. The minimum atomic E-state index is 0.0135. The number of aryl methyl sites for hydroxylation is 1. The van der Waals surface area contributed by atoms with Gasteiger partial charge in [-0.15, -0.1) is 0 Å². The molecule has 1 spiro atoms. The van der Waals surface area contributed by atoms with E-state index in [0.29, 0.717) is 0 Å². The molecule has 1 aromatic carbocycles. The molecule has 32 heavy (non-hydrogen) atoms. The van der Waals surface area contributed by atoms with Crippen LogP contribution in [-0.2, 0) is 12.0 Å². The van der Waals surface area contributed by atoms with Gasteiger partial charge >= 0.3 is 0 Å². The first-order valence-corrected chi connectivity index (χ1v) is 11.3. The molecule has 3 aliphatic rings. The highest BCUT2D eigenvalue weighted by molar-refractivity contribution is 5.85. The lowest BCUT2D eigenvalue weighted by Gasteiger charge is -2.40. The number of pyridine rings is 1. The van der Waals surface area contributed by atoms with E-state index in [2.05, 4.69) is 21.9 Å². The zero-order chi connectivity index (χ0) is 21.7. The van der Waals surface area contributed by atoms with Crippen LogP contribution in [0.25, 0.3) is 22.6 Å². The fourth-order valence-electron chi connectivity index (χ4n) is 5.54. The van der Waals surface area contributed by atoms with Crippen LogP contribution < -0.4 is 9.47 Å². The zero-order valence-corrected chi connectivity index (χ0v) is 18.2. The van der Waals surface area contributed by atoms with Crippen molar-refractivity contribution in [2.24, 2.45) is 5.16 Å². The summed E-state index contributed by atoms with van der Waals surface area (Å²) in [6.45, 7) is 3.20. The largest absolute Gasteiger partial charge is 0.454 e. The quantitative estimate of drug-likeness (QED) is 0.453. The fraction of sp³-hybridized carbons (Fsp3) is 0.400. The molecule has 164 valence electrons. The van der Waals surface area contributed by atoms with Gasteiger partial charge in [0.2, 0.25) is 6.79 Å². The predicted octanol–water partition coefficient (Wildman–Crippen LogP) is 5.09. The Morgan fingerprint density at radius 2 is 1.88 bits per heavy atom. The third-order valence-corrected chi connectivity index (χ3v) is 7.18. The van der Waals surface area contributed by atoms with Gasteiger partial charge in [0.1, 0.15) is 11.5 Å². The van der Waals surface area contributed by atoms with E-state index in [1.165, 1.54) is 0 Å². The number of ether oxygens (including phenoxy) is 2. The number of hydrogen-bond acceptors (Lipinski definition) is 6. The smallest absolute Gasteiger partial charge is 0.231 e. The molecule has 1 fully saturated rings. The summed E-state index contributed by atoms with van der Waals surface area (Å²) in [5.74, 6) is 2.70. The standard InChI is InChI=1S/C25H26N4O3/c1-16-4-2-5-19(26-16)22-23(17-6-7-20-21(14-17)32-15-31-20)29-13-3-10-25(24(29)27-22)11-8-18(28-30)9-12-25/h2,4-7,14,30H,3,8-13,15H2,1H3. The lowest BCUT2D eigenvalue weighted by molar-refractivity contribution is 0.174. The Hall–Kier alpha value is -3.35. The van der Waals surface area contributed by atoms with Crippen molar-refractivity contribution in [3.05, 3.63) is 47.9 Å². The van der Waals surface area contributed by atoms with E-state index in [1.54, 1.807) is 0 Å². The minimum Gasteiger partial charge on any atom is -0.454 e. The van der Waals surface area contributed by atoms with Gasteiger partial charge < -0.3 is 19.2 Å². The van der Waals surface area contributed by atoms with Crippen molar-refractivity contribution in [1.82, 2.24) is 14.5 Å². The molecular formula is C25H26N4O3. The predicted molar refractivity (Wildman–Crippen MR) is 120 cm³/mol. The van der Waals surface area contributed by atoms with Gasteiger partial charge in [-0.1, -0.05) is 11.2 Å². The molecule has 6 rings (SSSR count). The van der Waals surface area contributed by atoms with Crippen LogP contribution in [0.2, 0.25) is 0 Å². The van der Waals surface area contributed by atoms with E-state index in [1.807, 2.05) is 31.2 Å². The van der Waals surface area contributed by atoms with E-state index in [0.717, 1.165) is 96.4 Å². The average Bonchev–Trinajstić information content (AvgIpc) is 3.44. The fourth-order valence-corrected chi connectivity index (χ4v) is 5.54. The lowest BCUT2D eigenvalue weighted by Crippen LogP contribution is -2.38. The van der Waals surface area contributed by atoms with Gasteiger partial charge in [0.15, 0.2) is 11.5 Å².